The highest BCUT2D eigenvalue weighted by Gasteiger charge is 2.68. The van der Waals surface area contributed by atoms with Crippen LogP contribution in [0.4, 0.5) is 0 Å². The van der Waals surface area contributed by atoms with E-state index >= 15 is 0 Å². The van der Waals surface area contributed by atoms with Crippen molar-refractivity contribution in [3.8, 4) is 0 Å². The quantitative estimate of drug-likeness (QED) is 0.326. The van der Waals surface area contributed by atoms with Crippen molar-refractivity contribution in [1.29, 1.82) is 0 Å². The predicted molar refractivity (Wildman–Crippen MR) is 152 cm³/mol. The second-order valence-electron chi connectivity index (χ2n) is 15.6. The van der Waals surface area contributed by atoms with Gasteiger partial charge in [0.25, 0.3) is 0 Å². The van der Waals surface area contributed by atoms with E-state index in [0.29, 0.717) is 41.1 Å². The van der Waals surface area contributed by atoms with Crippen molar-refractivity contribution in [2.75, 3.05) is 13.2 Å². The highest BCUT2D eigenvalue weighted by Crippen LogP contribution is 2.70. The minimum Gasteiger partial charge on any atom is -0.394 e. The number of rotatable bonds is 3. The lowest BCUT2D eigenvalue weighted by atomic mass is 9.47. The zero-order valence-corrected chi connectivity index (χ0v) is 25.4. The van der Waals surface area contributed by atoms with Crippen molar-refractivity contribution in [2.24, 2.45) is 46.3 Å². The van der Waals surface area contributed by atoms with Crippen LogP contribution in [-0.2, 0) is 14.2 Å². The van der Waals surface area contributed by atoms with Gasteiger partial charge in [0.05, 0.1) is 18.8 Å². The second kappa shape index (κ2) is 10.2. The van der Waals surface area contributed by atoms with Crippen molar-refractivity contribution in [1.82, 2.24) is 5.32 Å². The van der Waals surface area contributed by atoms with Gasteiger partial charge >= 0.3 is 0 Å². The number of hydrogen-bond acceptors (Lipinski definition) is 8. The monoisotopic (exact) mass is 575 g/mol. The van der Waals surface area contributed by atoms with Crippen LogP contribution in [0.2, 0.25) is 0 Å². The second-order valence-corrected chi connectivity index (χ2v) is 15.6. The van der Waals surface area contributed by atoms with Crippen LogP contribution < -0.4 is 5.32 Å². The minimum atomic E-state index is -1.41. The molecule has 3 saturated heterocycles. The van der Waals surface area contributed by atoms with Crippen LogP contribution in [0.3, 0.4) is 0 Å². The van der Waals surface area contributed by atoms with E-state index in [2.05, 4.69) is 39.1 Å². The maximum Gasteiger partial charge on any atom is 0.186 e. The van der Waals surface area contributed by atoms with Gasteiger partial charge in [0.2, 0.25) is 0 Å². The molecule has 0 aromatic heterocycles. The molecule has 7 rings (SSSR count). The zero-order valence-electron chi connectivity index (χ0n) is 25.4. The summed E-state index contributed by atoms with van der Waals surface area (Å²) in [6.45, 7) is 10.5. The lowest BCUT2D eigenvalue weighted by Crippen LogP contribution is -2.60. The highest BCUT2D eigenvalue weighted by atomic mass is 16.7. The van der Waals surface area contributed by atoms with E-state index in [1.807, 2.05) is 0 Å². The molecule has 3 aliphatic heterocycles. The molecule has 5 N–H and O–H groups in total. The first-order chi connectivity index (χ1) is 19.5. The number of hydrogen-bond donors (Lipinski definition) is 5. The van der Waals surface area contributed by atoms with Crippen molar-refractivity contribution < 1.29 is 34.6 Å². The highest BCUT2D eigenvalue weighted by molar-refractivity contribution is 5.26. The van der Waals surface area contributed by atoms with E-state index in [1.54, 1.807) is 0 Å². The first kappa shape index (κ1) is 29.1. The molecule has 0 radical (unpaired) electrons. The van der Waals surface area contributed by atoms with Crippen molar-refractivity contribution >= 4 is 0 Å². The Morgan fingerprint density at radius 2 is 1.80 bits per heavy atom. The molecule has 1 spiro atoms. The molecule has 0 unspecified atom stereocenters. The Kier molecular flexibility index (Phi) is 7.27. The van der Waals surface area contributed by atoms with Crippen LogP contribution >= 0.6 is 0 Å². The maximum absolute atomic E-state index is 10.5. The molecule has 0 aromatic carbocycles. The molecule has 8 nitrogen and oxygen atoms in total. The van der Waals surface area contributed by atoms with Crippen molar-refractivity contribution in [2.45, 2.75) is 134 Å². The number of fused-ring (bicyclic) bond motifs is 7. The molecular weight excluding hydrogens is 522 g/mol. The number of aliphatic hydroxyl groups is 4. The van der Waals surface area contributed by atoms with Crippen LogP contribution in [0.1, 0.15) is 85.5 Å². The van der Waals surface area contributed by atoms with Gasteiger partial charge in [-0.15, -0.1) is 0 Å². The summed E-state index contributed by atoms with van der Waals surface area (Å²) < 4.78 is 18.9. The molecule has 4 aliphatic carbocycles. The Hall–Kier alpha value is -0.580. The van der Waals surface area contributed by atoms with E-state index in [-0.39, 0.29) is 17.2 Å². The van der Waals surface area contributed by atoms with E-state index in [4.69, 9.17) is 14.2 Å². The standard InChI is InChI=1S/C33H53NO7/c1-17-7-12-33(34-15-17)18(2)26-24(41-33)14-23-21-6-5-19-13-20(8-10-31(19,3)22(21)9-11-32(23,26)4)39-30-29(38)28(37)27(36)25(16-35)40-30/h5,17-18,20-30,34-38H,6-16H2,1-4H3/t17-,18+,20+,21-,22+,23+,24+,25-,26+,27+,28+,29-,30-,31+,32+,33-/m1/s1. The summed E-state index contributed by atoms with van der Waals surface area (Å²) in [6.07, 6.45) is 6.64. The molecule has 0 bridgehead atoms. The first-order valence-corrected chi connectivity index (χ1v) is 16.6. The maximum atomic E-state index is 10.5. The number of aliphatic hydroxyl groups excluding tert-OH is 4. The molecule has 16 atom stereocenters. The fourth-order valence-corrected chi connectivity index (χ4v) is 11.3. The lowest BCUT2D eigenvalue weighted by Gasteiger charge is -2.59. The van der Waals surface area contributed by atoms with Crippen LogP contribution in [0.5, 0.6) is 0 Å². The number of piperidine rings is 1. The normalized spacial score (nSPS) is 58.3. The average Bonchev–Trinajstić information content (AvgIpc) is 3.40. The fraction of sp³-hybridized carbons (Fsp3) is 0.939. The zero-order chi connectivity index (χ0) is 28.9. The molecule has 3 heterocycles. The molecule has 0 aromatic rings. The van der Waals surface area contributed by atoms with Gasteiger partial charge in [-0.2, -0.15) is 0 Å². The Morgan fingerprint density at radius 1 is 1.00 bits per heavy atom. The van der Waals surface area contributed by atoms with E-state index in [9.17, 15) is 20.4 Å². The van der Waals surface area contributed by atoms with Crippen LogP contribution in [0, 0.1) is 46.3 Å². The third kappa shape index (κ3) is 4.29. The molecule has 0 amide bonds. The largest absolute Gasteiger partial charge is 0.394 e. The van der Waals surface area contributed by atoms with E-state index in [1.165, 1.54) is 31.3 Å². The van der Waals surface area contributed by atoms with Gasteiger partial charge in [-0.1, -0.05) is 39.3 Å². The molecule has 41 heavy (non-hydrogen) atoms. The van der Waals surface area contributed by atoms with Crippen molar-refractivity contribution in [3.63, 3.8) is 0 Å². The summed E-state index contributed by atoms with van der Waals surface area (Å²) in [5.74, 6) is 3.99. The molecule has 6 fully saturated rings. The summed E-state index contributed by atoms with van der Waals surface area (Å²) in [5, 5.41) is 44.3. The van der Waals surface area contributed by atoms with Gasteiger partial charge in [-0.25, -0.2) is 0 Å². The SMILES string of the molecule is C[C@@H]1CC[C@@]2(NC1)O[C@H]1C[C@H]3[C@@H]4CC=C5C[C@@H](O[C@@H]6O[C@H](CO)[C@H](O)[C@H](O)[C@H]6O)CC[C@]5(C)[C@H]4CC[C@]3(C)[C@H]1[C@@H]2C. The van der Waals surface area contributed by atoms with Gasteiger partial charge in [0.1, 0.15) is 30.1 Å². The predicted octanol–water partition coefficient (Wildman–Crippen LogP) is 3.11. The fourth-order valence-electron chi connectivity index (χ4n) is 11.3. The topological polar surface area (TPSA) is 121 Å². The van der Waals surface area contributed by atoms with Gasteiger partial charge in [-0.05, 0) is 98.2 Å². The van der Waals surface area contributed by atoms with Crippen molar-refractivity contribution in [3.05, 3.63) is 11.6 Å². The van der Waals surface area contributed by atoms with Crippen LogP contribution in [0.15, 0.2) is 11.6 Å². The molecule has 3 saturated carbocycles. The lowest BCUT2D eigenvalue weighted by molar-refractivity contribution is -0.313. The molecule has 232 valence electrons. The number of allylic oxidation sites excluding steroid dienone is 1. The Bertz CT molecular complexity index is 1030. The first-order valence-electron chi connectivity index (χ1n) is 16.6. The third-order valence-electron chi connectivity index (χ3n) is 13.7. The molecule has 7 aliphatic rings. The Labute approximate surface area is 245 Å². The number of nitrogens with one attached hydrogen (secondary N) is 1. The van der Waals surface area contributed by atoms with Crippen LogP contribution in [0.25, 0.3) is 0 Å². The Morgan fingerprint density at radius 3 is 2.54 bits per heavy atom. The smallest absolute Gasteiger partial charge is 0.186 e. The van der Waals surface area contributed by atoms with E-state index < -0.39 is 37.3 Å². The van der Waals surface area contributed by atoms with Gasteiger partial charge in [0.15, 0.2) is 6.29 Å². The van der Waals surface area contributed by atoms with Gasteiger partial charge in [0, 0.05) is 12.5 Å². The summed E-state index contributed by atoms with van der Waals surface area (Å²) in [6, 6.07) is 0. The number of ether oxygens (including phenoxy) is 3. The van der Waals surface area contributed by atoms with Gasteiger partial charge in [-0.3, -0.25) is 5.32 Å². The summed E-state index contributed by atoms with van der Waals surface area (Å²) in [5.41, 5.74) is 1.86. The summed E-state index contributed by atoms with van der Waals surface area (Å²) >= 11 is 0. The summed E-state index contributed by atoms with van der Waals surface area (Å²) in [7, 11) is 0. The average molecular weight is 576 g/mol. The van der Waals surface area contributed by atoms with E-state index in [0.717, 1.165) is 44.6 Å². The van der Waals surface area contributed by atoms with Gasteiger partial charge < -0.3 is 34.6 Å². The molecular formula is C33H53NO7. The summed E-state index contributed by atoms with van der Waals surface area (Å²) in [4.78, 5) is 0. The third-order valence-corrected chi connectivity index (χ3v) is 13.7. The van der Waals surface area contributed by atoms with Crippen LogP contribution in [-0.4, -0.2) is 82.2 Å². The molecule has 8 heteroatoms. The minimum absolute atomic E-state index is 0.113. The Balaban J connectivity index is 1.05.